The quantitative estimate of drug-likeness (QED) is 0.303. The number of aromatic nitrogens is 1. The summed E-state index contributed by atoms with van der Waals surface area (Å²) in [5.74, 6) is -11.1. The summed E-state index contributed by atoms with van der Waals surface area (Å²) in [5, 5.41) is 25.6. The molecule has 2 saturated carbocycles. The van der Waals surface area contributed by atoms with Crippen LogP contribution in [0.3, 0.4) is 0 Å². The Morgan fingerprint density at radius 3 is 2.39 bits per heavy atom. The molecule has 0 spiro atoms. The minimum absolute atomic E-state index is 0.00866. The zero-order valence-electron chi connectivity index (χ0n) is 22.0. The molecule has 0 aliphatic heterocycles. The highest BCUT2D eigenvalue weighted by Crippen LogP contribution is 2.51. The molecule has 38 heavy (non-hydrogen) atoms. The highest BCUT2D eigenvalue weighted by Gasteiger charge is 2.69. The lowest BCUT2D eigenvalue weighted by molar-refractivity contribution is -0.181. The lowest BCUT2D eigenvalue weighted by atomic mass is 9.52. The number of likely N-dealkylation sites (N-methyl/N-ethyl adjacent to an activating group) is 1. The number of aliphatic hydroxyl groups is 1. The van der Waals surface area contributed by atoms with Crippen LogP contribution in [0.5, 0.6) is 5.75 Å². The highest BCUT2D eigenvalue weighted by atomic mass is 35.5. The van der Waals surface area contributed by atoms with E-state index in [1.165, 1.54) is 19.0 Å². The Bertz CT molecular complexity index is 1260. The van der Waals surface area contributed by atoms with Crippen LogP contribution in [0, 0.1) is 29.1 Å². The Hall–Kier alpha value is -2.89. The average Bonchev–Trinajstić information content (AvgIpc) is 2.78. The Morgan fingerprint density at radius 2 is 1.84 bits per heavy atom. The van der Waals surface area contributed by atoms with Crippen LogP contribution in [-0.4, -0.2) is 81.4 Å². The van der Waals surface area contributed by atoms with Gasteiger partial charge in [-0.15, -0.1) is 0 Å². The van der Waals surface area contributed by atoms with Crippen LogP contribution in [0.4, 0.5) is 5.82 Å². The maximum atomic E-state index is 13.8. The molecule has 12 heteroatoms. The standard InChI is InChI=1S/C26H33ClN4O7/c1-25(2,3)6-7-29-24-19(34)14-11(22(27)30-24)8-10-9-12-16(31(4)5)18(33)15(23(28)37)21(36)26(12,38)20(35)13(10)17(14)32/h10,12-13,15-16,34,38H,6-9H2,1-5H3,(H2,28,37)(H,29,30)/t10-,12-,13?,15?,16-,26-/m0/s1. The van der Waals surface area contributed by atoms with E-state index in [0.717, 1.165) is 6.42 Å². The number of anilines is 1. The number of rotatable bonds is 5. The maximum Gasteiger partial charge on any atom is 0.235 e. The number of hydrogen-bond acceptors (Lipinski definition) is 10. The van der Waals surface area contributed by atoms with E-state index in [2.05, 4.69) is 10.3 Å². The smallest absolute Gasteiger partial charge is 0.235 e. The Labute approximate surface area is 225 Å². The molecule has 11 nitrogen and oxygen atoms in total. The predicted octanol–water partition coefficient (Wildman–Crippen LogP) is 0.764. The first-order chi connectivity index (χ1) is 17.5. The van der Waals surface area contributed by atoms with Crippen LogP contribution in [0.2, 0.25) is 5.15 Å². The molecule has 6 atom stereocenters. The van der Waals surface area contributed by atoms with Gasteiger partial charge in [0.1, 0.15) is 5.15 Å². The number of halogens is 1. The van der Waals surface area contributed by atoms with Crippen LogP contribution < -0.4 is 11.1 Å². The fraction of sp³-hybridized carbons (Fsp3) is 0.615. The van der Waals surface area contributed by atoms with Gasteiger partial charge in [0.05, 0.1) is 17.5 Å². The van der Waals surface area contributed by atoms with Gasteiger partial charge in [-0.2, -0.15) is 0 Å². The van der Waals surface area contributed by atoms with Gasteiger partial charge < -0.3 is 21.3 Å². The zero-order valence-corrected chi connectivity index (χ0v) is 22.8. The number of amides is 1. The summed E-state index contributed by atoms with van der Waals surface area (Å²) in [7, 11) is 3.06. The van der Waals surface area contributed by atoms with Crippen molar-refractivity contribution in [3.05, 3.63) is 16.3 Å². The Balaban J connectivity index is 1.78. The number of ketones is 4. The summed E-state index contributed by atoms with van der Waals surface area (Å²) in [5.41, 5.74) is 2.63. The molecule has 1 aromatic heterocycles. The summed E-state index contributed by atoms with van der Waals surface area (Å²) in [6, 6.07) is -1.16. The number of Topliss-reactive ketones (excluding diaryl/α,β-unsaturated/α-hetero) is 4. The third kappa shape index (κ3) is 4.20. The van der Waals surface area contributed by atoms with Gasteiger partial charge in [-0.25, -0.2) is 4.98 Å². The van der Waals surface area contributed by atoms with E-state index < -0.39 is 70.1 Å². The number of nitrogens with one attached hydrogen (secondary N) is 1. The number of fused-ring (bicyclic) bond motifs is 3. The molecule has 5 N–H and O–H groups in total. The number of nitrogens with zero attached hydrogens (tertiary/aromatic N) is 2. The third-order valence-electron chi connectivity index (χ3n) is 8.04. The summed E-state index contributed by atoms with van der Waals surface area (Å²) < 4.78 is 0. The second kappa shape index (κ2) is 9.39. The van der Waals surface area contributed by atoms with Crippen molar-refractivity contribution >= 4 is 46.5 Å². The molecule has 2 unspecified atom stereocenters. The number of hydrogen-bond donors (Lipinski definition) is 4. The monoisotopic (exact) mass is 548 g/mol. The van der Waals surface area contributed by atoms with Crippen molar-refractivity contribution in [2.45, 2.75) is 51.7 Å². The lowest BCUT2D eigenvalue weighted by Gasteiger charge is -2.52. The fourth-order valence-corrected chi connectivity index (χ4v) is 6.45. The minimum Gasteiger partial charge on any atom is -0.504 e. The van der Waals surface area contributed by atoms with E-state index in [-0.39, 0.29) is 40.4 Å². The first kappa shape index (κ1) is 28.1. The van der Waals surface area contributed by atoms with Gasteiger partial charge >= 0.3 is 0 Å². The van der Waals surface area contributed by atoms with Crippen LogP contribution in [-0.2, 0) is 25.6 Å². The lowest BCUT2D eigenvalue weighted by Crippen LogP contribution is -2.74. The molecule has 4 rings (SSSR count). The molecule has 3 aliphatic carbocycles. The third-order valence-corrected chi connectivity index (χ3v) is 8.36. The first-order valence-electron chi connectivity index (χ1n) is 12.5. The molecule has 206 valence electrons. The van der Waals surface area contributed by atoms with Crippen molar-refractivity contribution in [2.75, 3.05) is 26.0 Å². The van der Waals surface area contributed by atoms with Crippen molar-refractivity contribution in [1.82, 2.24) is 9.88 Å². The topological polar surface area (TPSA) is 180 Å². The van der Waals surface area contributed by atoms with Gasteiger partial charge in [-0.3, -0.25) is 28.9 Å². The van der Waals surface area contributed by atoms with Crippen LogP contribution in [0.25, 0.3) is 0 Å². The molecule has 1 heterocycles. The van der Waals surface area contributed by atoms with Crippen molar-refractivity contribution < 1.29 is 34.2 Å². The maximum absolute atomic E-state index is 13.8. The van der Waals surface area contributed by atoms with Crippen LogP contribution in [0.1, 0.15) is 49.5 Å². The Morgan fingerprint density at radius 1 is 1.21 bits per heavy atom. The molecule has 0 radical (unpaired) electrons. The molecule has 1 aromatic rings. The largest absolute Gasteiger partial charge is 0.504 e. The molecular formula is C26H33ClN4O7. The summed E-state index contributed by atoms with van der Waals surface area (Å²) in [4.78, 5) is 71.7. The molecule has 2 fully saturated rings. The average molecular weight is 549 g/mol. The number of nitrogens with two attached hydrogens (primary N) is 1. The summed E-state index contributed by atoms with van der Waals surface area (Å²) >= 11 is 6.45. The Kier molecular flexibility index (Phi) is 6.95. The predicted molar refractivity (Wildman–Crippen MR) is 137 cm³/mol. The van der Waals surface area contributed by atoms with E-state index in [1.807, 2.05) is 20.8 Å². The molecule has 0 saturated heterocycles. The van der Waals surface area contributed by atoms with Gasteiger partial charge in [-0.1, -0.05) is 32.4 Å². The molecule has 0 bridgehead atoms. The van der Waals surface area contributed by atoms with E-state index in [1.54, 1.807) is 0 Å². The van der Waals surface area contributed by atoms with Gasteiger partial charge in [-0.05, 0) is 44.7 Å². The highest BCUT2D eigenvalue weighted by molar-refractivity contribution is 6.34. The molecular weight excluding hydrogens is 516 g/mol. The van der Waals surface area contributed by atoms with Crippen LogP contribution in [0.15, 0.2) is 0 Å². The molecule has 0 aromatic carbocycles. The van der Waals surface area contributed by atoms with Crippen molar-refractivity contribution in [1.29, 1.82) is 0 Å². The number of aromatic hydroxyl groups is 1. The van der Waals surface area contributed by atoms with Gasteiger partial charge in [0.25, 0.3) is 0 Å². The van der Waals surface area contributed by atoms with Gasteiger partial charge in [0.2, 0.25) is 5.91 Å². The van der Waals surface area contributed by atoms with Crippen molar-refractivity contribution in [2.24, 2.45) is 34.8 Å². The van der Waals surface area contributed by atoms with E-state index in [9.17, 15) is 34.2 Å². The number of carbonyl (C=O) groups is 5. The molecule has 1 amide bonds. The number of pyridine rings is 1. The zero-order chi connectivity index (χ0) is 28.5. The van der Waals surface area contributed by atoms with Crippen molar-refractivity contribution in [3.8, 4) is 5.75 Å². The second-order valence-electron chi connectivity index (χ2n) is 12.0. The molecule has 3 aliphatic rings. The van der Waals surface area contributed by atoms with Crippen molar-refractivity contribution in [3.63, 3.8) is 0 Å². The SMILES string of the molecule is CN(C)[C@@H]1C(=O)C(C(N)=O)C(=O)[C@@]2(O)C(=O)C3C(=O)c4c(O)c(NCCC(C)(C)C)nc(Cl)c4C[C@H]3C[C@@H]12. The summed E-state index contributed by atoms with van der Waals surface area (Å²) in [6.45, 7) is 6.56. The second-order valence-corrected chi connectivity index (χ2v) is 12.3. The normalized spacial score (nSPS) is 31.1. The fourth-order valence-electron chi connectivity index (χ4n) is 6.20. The minimum atomic E-state index is -2.77. The number of carbonyl (C=O) groups excluding carboxylic acids is 5. The van der Waals surface area contributed by atoms with E-state index in [4.69, 9.17) is 17.3 Å². The first-order valence-corrected chi connectivity index (χ1v) is 12.9. The van der Waals surface area contributed by atoms with E-state index in [0.29, 0.717) is 6.54 Å². The van der Waals surface area contributed by atoms with Gasteiger partial charge in [0, 0.05) is 18.0 Å². The van der Waals surface area contributed by atoms with Gasteiger partial charge in [0.15, 0.2) is 46.2 Å². The van der Waals surface area contributed by atoms with Crippen LogP contribution >= 0.6 is 11.6 Å². The number of primary amides is 1. The summed E-state index contributed by atoms with van der Waals surface area (Å²) in [6.07, 6.45) is 0.739. The van der Waals surface area contributed by atoms with E-state index >= 15 is 0 Å².